The molecule has 5 nitrogen and oxygen atoms in total. The monoisotopic (exact) mass is 342 g/mol. The Morgan fingerprint density at radius 3 is 2.68 bits per heavy atom. The lowest BCUT2D eigenvalue weighted by Crippen LogP contribution is -2.37. The number of furan rings is 1. The highest BCUT2D eigenvalue weighted by molar-refractivity contribution is 5.77. The highest BCUT2D eigenvalue weighted by Crippen LogP contribution is 2.27. The van der Waals surface area contributed by atoms with Gasteiger partial charge in [0.2, 0.25) is 5.91 Å². The summed E-state index contributed by atoms with van der Waals surface area (Å²) < 4.78 is 11.0. The van der Waals surface area contributed by atoms with Crippen molar-refractivity contribution in [3.63, 3.8) is 0 Å². The number of carbonyl (C=O) groups is 1. The number of para-hydroxylation sites is 1. The molecule has 134 valence electrons. The molecular formula is C20H26N2O3. The summed E-state index contributed by atoms with van der Waals surface area (Å²) in [6.07, 6.45) is 1.05. The Morgan fingerprint density at radius 2 is 1.96 bits per heavy atom. The Bertz CT molecular complexity index is 704. The van der Waals surface area contributed by atoms with E-state index in [0.29, 0.717) is 12.8 Å². The van der Waals surface area contributed by atoms with Crippen molar-refractivity contribution in [1.29, 1.82) is 0 Å². The first-order chi connectivity index (χ1) is 12.1. The fraction of sp³-hybridized carbons (Fsp3) is 0.450. The molecule has 1 N–H and O–H groups in total. The third kappa shape index (κ3) is 4.63. The maximum absolute atomic E-state index is 12.3. The molecule has 1 fully saturated rings. The standard InChI is InChI=1S/C20H26N2O3/c1-15-7-8-17(25-15)9-10-20(23)21-16(2)18-5-3-4-6-19(18)22-11-13-24-14-12-22/h3-8,16H,9-14H2,1-2H3,(H,21,23). The average molecular weight is 342 g/mol. The number of rotatable bonds is 6. The van der Waals surface area contributed by atoms with Crippen molar-refractivity contribution in [3.05, 3.63) is 53.5 Å². The maximum Gasteiger partial charge on any atom is 0.220 e. The van der Waals surface area contributed by atoms with Gasteiger partial charge in [-0.25, -0.2) is 0 Å². The van der Waals surface area contributed by atoms with Crippen molar-refractivity contribution in [2.45, 2.75) is 32.7 Å². The number of nitrogens with one attached hydrogen (secondary N) is 1. The molecule has 0 radical (unpaired) electrons. The normalized spacial score (nSPS) is 15.8. The van der Waals surface area contributed by atoms with E-state index in [2.05, 4.69) is 22.3 Å². The molecule has 0 bridgehead atoms. The molecule has 0 saturated carbocycles. The van der Waals surface area contributed by atoms with Gasteiger partial charge in [-0.05, 0) is 37.6 Å². The van der Waals surface area contributed by atoms with Crippen molar-refractivity contribution in [3.8, 4) is 0 Å². The van der Waals surface area contributed by atoms with Crippen LogP contribution in [0.25, 0.3) is 0 Å². The molecule has 2 aromatic rings. The Kier molecular flexibility index (Phi) is 5.76. The van der Waals surface area contributed by atoms with Gasteiger partial charge in [-0.3, -0.25) is 4.79 Å². The minimum atomic E-state index is -0.0371. The number of amides is 1. The first kappa shape index (κ1) is 17.5. The van der Waals surface area contributed by atoms with Crippen molar-refractivity contribution < 1.29 is 13.9 Å². The van der Waals surface area contributed by atoms with Crippen LogP contribution in [-0.4, -0.2) is 32.2 Å². The molecule has 2 heterocycles. The van der Waals surface area contributed by atoms with E-state index in [1.165, 1.54) is 5.69 Å². The van der Waals surface area contributed by atoms with Crippen molar-refractivity contribution in [1.82, 2.24) is 5.32 Å². The number of anilines is 1. The number of hydrogen-bond acceptors (Lipinski definition) is 4. The van der Waals surface area contributed by atoms with Gasteiger partial charge in [-0.2, -0.15) is 0 Å². The smallest absolute Gasteiger partial charge is 0.220 e. The highest BCUT2D eigenvalue weighted by atomic mass is 16.5. The first-order valence-corrected chi connectivity index (χ1v) is 8.90. The van der Waals surface area contributed by atoms with E-state index in [4.69, 9.17) is 9.15 Å². The number of hydrogen-bond donors (Lipinski definition) is 1. The van der Waals surface area contributed by atoms with E-state index in [0.717, 1.165) is 43.4 Å². The second kappa shape index (κ2) is 8.21. The first-order valence-electron chi connectivity index (χ1n) is 8.90. The summed E-state index contributed by atoms with van der Waals surface area (Å²) in [4.78, 5) is 14.6. The Hall–Kier alpha value is -2.27. The molecule has 3 rings (SSSR count). The molecule has 1 amide bonds. The van der Waals surface area contributed by atoms with Gasteiger partial charge in [0.15, 0.2) is 0 Å². The lowest BCUT2D eigenvalue weighted by atomic mass is 10.0. The number of ether oxygens (including phenoxy) is 1. The van der Waals surface area contributed by atoms with Crippen LogP contribution in [0.15, 0.2) is 40.8 Å². The predicted octanol–water partition coefficient (Wildman–Crippen LogP) is 3.23. The second-order valence-electron chi connectivity index (χ2n) is 6.46. The molecule has 0 spiro atoms. The zero-order valence-corrected chi connectivity index (χ0v) is 15.0. The van der Waals surface area contributed by atoms with E-state index >= 15 is 0 Å². The molecule has 1 aromatic carbocycles. The van der Waals surface area contributed by atoms with Crippen LogP contribution >= 0.6 is 0 Å². The van der Waals surface area contributed by atoms with Gasteiger partial charge in [-0.1, -0.05) is 18.2 Å². The van der Waals surface area contributed by atoms with Gasteiger partial charge in [0.1, 0.15) is 11.5 Å². The lowest BCUT2D eigenvalue weighted by Gasteiger charge is -2.32. The van der Waals surface area contributed by atoms with Gasteiger partial charge in [0, 0.05) is 31.6 Å². The second-order valence-corrected chi connectivity index (χ2v) is 6.46. The number of aryl methyl sites for hydroxylation is 2. The van der Waals surface area contributed by atoms with Crippen LogP contribution in [0.4, 0.5) is 5.69 Å². The fourth-order valence-electron chi connectivity index (χ4n) is 3.19. The zero-order valence-electron chi connectivity index (χ0n) is 15.0. The Labute approximate surface area is 149 Å². The number of benzene rings is 1. The van der Waals surface area contributed by atoms with Gasteiger partial charge in [0.25, 0.3) is 0 Å². The SMILES string of the molecule is Cc1ccc(CCC(=O)NC(C)c2ccccc2N2CCOCC2)o1. The summed E-state index contributed by atoms with van der Waals surface area (Å²) in [5.41, 5.74) is 2.33. The van der Waals surface area contributed by atoms with Crippen LogP contribution in [0, 0.1) is 6.92 Å². The van der Waals surface area contributed by atoms with Gasteiger partial charge in [-0.15, -0.1) is 0 Å². The molecule has 1 aliphatic rings. The average Bonchev–Trinajstić information content (AvgIpc) is 3.06. The van der Waals surface area contributed by atoms with Gasteiger partial charge in [0.05, 0.1) is 19.3 Å². The predicted molar refractivity (Wildman–Crippen MR) is 97.8 cm³/mol. The van der Waals surface area contributed by atoms with Crippen LogP contribution in [0.5, 0.6) is 0 Å². The highest BCUT2D eigenvalue weighted by Gasteiger charge is 2.18. The van der Waals surface area contributed by atoms with E-state index in [9.17, 15) is 4.79 Å². The molecule has 1 aliphatic heterocycles. The molecule has 1 saturated heterocycles. The van der Waals surface area contributed by atoms with Crippen molar-refractivity contribution in [2.75, 3.05) is 31.2 Å². The van der Waals surface area contributed by atoms with Crippen LogP contribution in [-0.2, 0) is 16.0 Å². The van der Waals surface area contributed by atoms with Gasteiger partial charge >= 0.3 is 0 Å². The molecule has 1 atom stereocenters. The summed E-state index contributed by atoms with van der Waals surface area (Å²) >= 11 is 0. The molecule has 0 aliphatic carbocycles. The van der Waals surface area contributed by atoms with Gasteiger partial charge < -0.3 is 19.4 Å². The summed E-state index contributed by atoms with van der Waals surface area (Å²) in [5, 5.41) is 3.11. The molecule has 1 unspecified atom stereocenters. The largest absolute Gasteiger partial charge is 0.466 e. The topological polar surface area (TPSA) is 54.7 Å². The quantitative estimate of drug-likeness (QED) is 0.876. The summed E-state index contributed by atoms with van der Waals surface area (Å²) in [5.74, 6) is 1.77. The van der Waals surface area contributed by atoms with Crippen molar-refractivity contribution >= 4 is 11.6 Å². The minimum absolute atomic E-state index is 0.0371. The molecule has 5 heteroatoms. The number of carbonyl (C=O) groups excluding carboxylic acids is 1. The van der Waals surface area contributed by atoms with Crippen LogP contribution in [0.3, 0.4) is 0 Å². The molecular weight excluding hydrogens is 316 g/mol. The van der Waals surface area contributed by atoms with E-state index in [1.807, 2.05) is 38.1 Å². The molecule has 25 heavy (non-hydrogen) atoms. The third-order valence-corrected chi connectivity index (χ3v) is 4.53. The van der Waals surface area contributed by atoms with Crippen LogP contribution < -0.4 is 10.2 Å². The lowest BCUT2D eigenvalue weighted by molar-refractivity contribution is -0.121. The fourth-order valence-corrected chi connectivity index (χ4v) is 3.19. The minimum Gasteiger partial charge on any atom is -0.466 e. The number of morpholine rings is 1. The van der Waals surface area contributed by atoms with E-state index < -0.39 is 0 Å². The van der Waals surface area contributed by atoms with Crippen LogP contribution in [0.2, 0.25) is 0 Å². The Morgan fingerprint density at radius 1 is 1.20 bits per heavy atom. The van der Waals surface area contributed by atoms with E-state index in [-0.39, 0.29) is 11.9 Å². The van der Waals surface area contributed by atoms with Crippen molar-refractivity contribution in [2.24, 2.45) is 0 Å². The zero-order chi connectivity index (χ0) is 17.6. The summed E-state index contributed by atoms with van der Waals surface area (Å²) in [6.45, 7) is 7.21. The molecule has 1 aromatic heterocycles. The van der Waals surface area contributed by atoms with E-state index in [1.54, 1.807) is 0 Å². The third-order valence-electron chi connectivity index (χ3n) is 4.53. The summed E-state index contributed by atoms with van der Waals surface area (Å²) in [6, 6.07) is 12.1. The summed E-state index contributed by atoms with van der Waals surface area (Å²) in [7, 11) is 0. The van der Waals surface area contributed by atoms with Crippen LogP contribution in [0.1, 0.15) is 36.5 Å². The Balaban J connectivity index is 1.60. The number of nitrogens with zero attached hydrogens (tertiary/aromatic N) is 1. The maximum atomic E-state index is 12.3.